The molecule has 72 valence electrons. The number of thiophene rings is 1. The van der Waals surface area contributed by atoms with Gasteiger partial charge in [-0.3, -0.25) is 4.79 Å². The highest BCUT2D eigenvalue weighted by Gasteiger charge is 2.08. The maximum atomic E-state index is 10.9. The van der Waals surface area contributed by atoms with E-state index in [1.807, 2.05) is 19.1 Å². The third-order valence-electron chi connectivity index (χ3n) is 2.23. The van der Waals surface area contributed by atoms with Gasteiger partial charge in [-0.25, -0.2) is 0 Å². The van der Waals surface area contributed by atoms with Crippen LogP contribution in [0.2, 0.25) is 0 Å². The zero-order valence-corrected chi connectivity index (χ0v) is 8.60. The number of hydrogen-bond acceptors (Lipinski definition) is 3. The van der Waals surface area contributed by atoms with Crippen molar-refractivity contribution in [2.75, 3.05) is 0 Å². The second kappa shape index (κ2) is 3.52. The summed E-state index contributed by atoms with van der Waals surface area (Å²) >= 11 is 1.59. The lowest BCUT2D eigenvalue weighted by atomic mass is 10.1. The third-order valence-corrected chi connectivity index (χ3v) is 3.33. The van der Waals surface area contributed by atoms with Crippen LogP contribution in [0.25, 0.3) is 10.1 Å². The SMILES string of the molecule is Cc1cc2ccc(CO)c(C=O)c2s1. The van der Waals surface area contributed by atoms with Crippen LogP contribution in [0.15, 0.2) is 18.2 Å². The first kappa shape index (κ1) is 9.37. The van der Waals surface area contributed by atoms with Gasteiger partial charge in [0, 0.05) is 15.1 Å². The number of aryl methyl sites for hydroxylation is 1. The lowest BCUT2D eigenvalue weighted by Gasteiger charge is -2.01. The fourth-order valence-corrected chi connectivity index (χ4v) is 2.60. The smallest absolute Gasteiger partial charge is 0.151 e. The van der Waals surface area contributed by atoms with Crippen molar-refractivity contribution in [1.82, 2.24) is 0 Å². The van der Waals surface area contributed by atoms with Crippen LogP contribution in [0.1, 0.15) is 20.8 Å². The molecule has 0 saturated heterocycles. The predicted molar refractivity (Wildman–Crippen MR) is 57.9 cm³/mol. The summed E-state index contributed by atoms with van der Waals surface area (Å²) in [5.41, 5.74) is 1.33. The van der Waals surface area contributed by atoms with Crippen LogP contribution in [0, 0.1) is 6.92 Å². The van der Waals surface area contributed by atoms with Gasteiger partial charge in [0.05, 0.1) is 6.61 Å². The van der Waals surface area contributed by atoms with E-state index >= 15 is 0 Å². The Kier molecular flexibility index (Phi) is 2.35. The molecule has 2 nitrogen and oxygen atoms in total. The summed E-state index contributed by atoms with van der Waals surface area (Å²) in [4.78, 5) is 12.1. The van der Waals surface area contributed by atoms with Crippen molar-refractivity contribution < 1.29 is 9.90 Å². The fraction of sp³-hybridized carbons (Fsp3) is 0.182. The maximum absolute atomic E-state index is 10.9. The summed E-state index contributed by atoms with van der Waals surface area (Å²) in [5, 5.41) is 10.1. The molecule has 3 heteroatoms. The summed E-state index contributed by atoms with van der Waals surface area (Å²) in [5.74, 6) is 0. The van der Waals surface area contributed by atoms with E-state index < -0.39 is 0 Å². The van der Waals surface area contributed by atoms with E-state index in [-0.39, 0.29) is 6.61 Å². The Hall–Kier alpha value is -1.19. The Morgan fingerprint density at radius 3 is 2.93 bits per heavy atom. The lowest BCUT2D eigenvalue weighted by Crippen LogP contribution is -1.91. The minimum Gasteiger partial charge on any atom is -0.392 e. The highest BCUT2D eigenvalue weighted by molar-refractivity contribution is 7.19. The summed E-state index contributed by atoms with van der Waals surface area (Å²) in [6, 6.07) is 5.80. The van der Waals surface area contributed by atoms with Crippen molar-refractivity contribution in [3.8, 4) is 0 Å². The number of fused-ring (bicyclic) bond motifs is 1. The van der Waals surface area contributed by atoms with Crippen LogP contribution in [0.4, 0.5) is 0 Å². The third kappa shape index (κ3) is 1.35. The van der Waals surface area contributed by atoms with E-state index in [1.54, 1.807) is 17.4 Å². The number of aliphatic hydroxyl groups is 1. The van der Waals surface area contributed by atoms with Crippen molar-refractivity contribution in [3.05, 3.63) is 34.2 Å². The molecule has 0 amide bonds. The summed E-state index contributed by atoms with van der Waals surface area (Å²) in [6.45, 7) is 1.93. The average molecular weight is 206 g/mol. The first-order valence-electron chi connectivity index (χ1n) is 4.34. The number of carbonyl (C=O) groups excluding carboxylic acids is 1. The average Bonchev–Trinajstić information content (AvgIpc) is 2.56. The van der Waals surface area contributed by atoms with E-state index in [2.05, 4.69) is 0 Å². The molecule has 0 fully saturated rings. The molecule has 0 atom stereocenters. The van der Waals surface area contributed by atoms with Gasteiger partial charge < -0.3 is 5.11 Å². The number of benzene rings is 1. The summed E-state index contributed by atoms with van der Waals surface area (Å²) in [7, 11) is 0. The van der Waals surface area contributed by atoms with Crippen LogP contribution in [0.5, 0.6) is 0 Å². The molecule has 0 aliphatic heterocycles. The fourth-order valence-electron chi connectivity index (χ4n) is 1.56. The molecule has 1 aromatic heterocycles. The first-order chi connectivity index (χ1) is 6.76. The van der Waals surface area contributed by atoms with Gasteiger partial charge in [0.15, 0.2) is 6.29 Å². The van der Waals surface area contributed by atoms with Crippen LogP contribution >= 0.6 is 11.3 Å². The highest BCUT2D eigenvalue weighted by atomic mass is 32.1. The number of aldehydes is 1. The minimum atomic E-state index is -0.0824. The molecule has 0 aliphatic carbocycles. The van der Waals surface area contributed by atoms with Crippen molar-refractivity contribution in [2.24, 2.45) is 0 Å². The minimum absolute atomic E-state index is 0.0824. The zero-order chi connectivity index (χ0) is 10.1. The molecule has 0 saturated carbocycles. The standard InChI is InChI=1S/C11H10O2S/c1-7-4-8-2-3-9(5-12)10(6-13)11(8)14-7/h2-4,6,12H,5H2,1H3. The van der Waals surface area contributed by atoms with Gasteiger partial charge in [-0.05, 0) is 23.9 Å². The van der Waals surface area contributed by atoms with Crippen LogP contribution < -0.4 is 0 Å². The molecule has 0 spiro atoms. The molecule has 1 N–H and O–H groups in total. The Bertz CT molecular complexity index is 485. The largest absolute Gasteiger partial charge is 0.392 e. The van der Waals surface area contributed by atoms with Gasteiger partial charge in [-0.15, -0.1) is 11.3 Å². The van der Waals surface area contributed by atoms with Gasteiger partial charge in [-0.1, -0.05) is 12.1 Å². The number of aliphatic hydroxyl groups excluding tert-OH is 1. The molecule has 1 aromatic carbocycles. The molecule has 0 aliphatic rings. The first-order valence-corrected chi connectivity index (χ1v) is 5.16. The highest BCUT2D eigenvalue weighted by Crippen LogP contribution is 2.29. The molecule has 2 rings (SSSR count). The molecule has 2 aromatic rings. The van der Waals surface area contributed by atoms with E-state index in [0.29, 0.717) is 11.1 Å². The molecular weight excluding hydrogens is 196 g/mol. The maximum Gasteiger partial charge on any atom is 0.151 e. The van der Waals surface area contributed by atoms with Gasteiger partial charge in [-0.2, -0.15) is 0 Å². The Morgan fingerprint density at radius 1 is 1.50 bits per heavy atom. The molecule has 0 bridgehead atoms. The second-order valence-electron chi connectivity index (χ2n) is 3.19. The predicted octanol–water partition coefficient (Wildman–Crippen LogP) is 2.51. The Morgan fingerprint density at radius 2 is 2.29 bits per heavy atom. The normalized spacial score (nSPS) is 10.7. The number of carbonyl (C=O) groups is 1. The van der Waals surface area contributed by atoms with Crippen molar-refractivity contribution >= 4 is 27.7 Å². The lowest BCUT2D eigenvalue weighted by molar-refractivity contribution is 0.112. The molecule has 14 heavy (non-hydrogen) atoms. The van der Waals surface area contributed by atoms with E-state index in [0.717, 1.165) is 16.4 Å². The molecule has 1 heterocycles. The molecular formula is C11H10O2S. The topological polar surface area (TPSA) is 37.3 Å². The number of hydrogen-bond donors (Lipinski definition) is 1. The monoisotopic (exact) mass is 206 g/mol. The Labute approximate surface area is 85.8 Å². The number of rotatable bonds is 2. The second-order valence-corrected chi connectivity index (χ2v) is 4.45. The molecule has 0 radical (unpaired) electrons. The summed E-state index contributed by atoms with van der Waals surface area (Å²) in [6.07, 6.45) is 0.823. The molecule has 0 unspecified atom stereocenters. The Balaban J connectivity index is 2.82. The van der Waals surface area contributed by atoms with Crippen LogP contribution in [-0.2, 0) is 6.61 Å². The van der Waals surface area contributed by atoms with E-state index in [4.69, 9.17) is 5.11 Å². The van der Waals surface area contributed by atoms with Gasteiger partial charge >= 0.3 is 0 Å². The zero-order valence-electron chi connectivity index (χ0n) is 7.78. The van der Waals surface area contributed by atoms with Crippen molar-refractivity contribution in [3.63, 3.8) is 0 Å². The van der Waals surface area contributed by atoms with Gasteiger partial charge in [0.1, 0.15) is 0 Å². The van der Waals surface area contributed by atoms with Crippen LogP contribution in [0.3, 0.4) is 0 Å². The van der Waals surface area contributed by atoms with Crippen molar-refractivity contribution in [2.45, 2.75) is 13.5 Å². The van der Waals surface area contributed by atoms with E-state index in [1.165, 1.54) is 4.88 Å². The van der Waals surface area contributed by atoms with Gasteiger partial charge in [0.25, 0.3) is 0 Å². The quantitative estimate of drug-likeness (QED) is 0.766. The van der Waals surface area contributed by atoms with E-state index in [9.17, 15) is 4.79 Å². The van der Waals surface area contributed by atoms with Gasteiger partial charge in [0.2, 0.25) is 0 Å². The summed E-state index contributed by atoms with van der Waals surface area (Å²) < 4.78 is 0.976. The van der Waals surface area contributed by atoms with Crippen molar-refractivity contribution in [1.29, 1.82) is 0 Å². The van der Waals surface area contributed by atoms with Crippen LogP contribution in [-0.4, -0.2) is 11.4 Å².